The molecular weight excluding hydrogens is 336 g/mol. The second-order valence-corrected chi connectivity index (χ2v) is 10.9. The zero-order chi connectivity index (χ0) is 18.6. The van der Waals surface area contributed by atoms with Gasteiger partial charge in [-0.3, -0.25) is 4.79 Å². The fourth-order valence-electron chi connectivity index (χ4n) is 8.22. The highest BCUT2D eigenvalue weighted by Crippen LogP contribution is 2.66. The molecule has 152 valence electrons. The number of ether oxygens (including phenoxy) is 2. The molecule has 1 aliphatic heterocycles. The Morgan fingerprint density at radius 1 is 0.926 bits per heavy atom. The largest absolute Gasteiger partial charge is 0.353 e. The summed E-state index contributed by atoms with van der Waals surface area (Å²) in [6, 6.07) is 0. The Labute approximate surface area is 164 Å². The SMILES string of the molecule is C[C@]12CCC(=O)C[C@@H]1CC[C@H]1[C@H]2CC[C@]2(C)[C@@H](O[C@H]3CCCCO3)CC[C@H]12. The van der Waals surface area contributed by atoms with Crippen molar-refractivity contribution in [2.24, 2.45) is 34.5 Å². The molecule has 5 fully saturated rings. The minimum atomic E-state index is 0.0506. The van der Waals surface area contributed by atoms with Crippen LogP contribution in [0, 0.1) is 34.5 Å². The zero-order valence-electron chi connectivity index (χ0n) is 17.4. The predicted octanol–water partition coefficient (Wildman–Crippen LogP) is 5.51. The molecule has 1 heterocycles. The van der Waals surface area contributed by atoms with Crippen molar-refractivity contribution < 1.29 is 14.3 Å². The van der Waals surface area contributed by atoms with Crippen LogP contribution in [0.2, 0.25) is 0 Å². The third-order valence-electron chi connectivity index (χ3n) is 9.85. The van der Waals surface area contributed by atoms with E-state index in [9.17, 15) is 4.79 Å². The van der Waals surface area contributed by atoms with Gasteiger partial charge < -0.3 is 9.47 Å². The lowest BCUT2D eigenvalue weighted by molar-refractivity contribution is -0.218. The highest BCUT2D eigenvalue weighted by molar-refractivity contribution is 5.79. The van der Waals surface area contributed by atoms with E-state index in [0.717, 1.165) is 50.0 Å². The van der Waals surface area contributed by atoms with E-state index in [4.69, 9.17) is 9.47 Å². The van der Waals surface area contributed by atoms with E-state index in [2.05, 4.69) is 13.8 Å². The number of hydrogen-bond donors (Lipinski definition) is 0. The highest BCUT2D eigenvalue weighted by Gasteiger charge is 2.60. The molecule has 0 unspecified atom stereocenters. The van der Waals surface area contributed by atoms with Crippen LogP contribution < -0.4 is 0 Å². The molecule has 0 aromatic carbocycles. The summed E-state index contributed by atoms with van der Waals surface area (Å²) in [5.74, 6) is 3.71. The van der Waals surface area contributed by atoms with Crippen LogP contribution in [0.25, 0.3) is 0 Å². The van der Waals surface area contributed by atoms with Crippen molar-refractivity contribution in [3.8, 4) is 0 Å². The monoisotopic (exact) mass is 374 g/mol. The Hall–Kier alpha value is -0.410. The molecule has 0 N–H and O–H groups in total. The summed E-state index contributed by atoms with van der Waals surface area (Å²) in [5, 5.41) is 0. The second-order valence-electron chi connectivity index (χ2n) is 10.9. The van der Waals surface area contributed by atoms with Gasteiger partial charge in [-0.05, 0) is 98.7 Å². The summed E-state index contributed by atoms with van der Waals surface area (Å²) in [5.41, 5.74) is 0.763. The van der Waals surface area contributed by atoms with E-state index < -0.39 is 0 Å². The normalized spacial score (nSPS) is 52.7. The van der Waals surface area contributed by atoms with Crippen molar-refractivity contribution >= 4 is 5.78 Å². The summed E-state index contributed by atoms with van der Waals surface area (Å²) in [6.45, 7) is 5.95. The minimum absolute atomic E-state index is 0.0506. The number of carbonyl (C=O) groups excluding carboxylic acids is 1. The lowest BCUT2D eigenvalue weighted by atomic mass is 9.45. The zero-order valence-corrected chi connectivity index (χ0v) is 17.4. The maximum absolute atomic E-state index is 12.1. The number of fused-ring (bicyclic) bond motifs is 5. The molecule has 0 amide bonds. The first kappa shape index (κ1) is 18.6. The van der Waals surface area contributed by atoms with Gasteiger partial charge in [0.2, 0.25) is 0 Å². The Kier molecular flexibility index (Phi) is 4.71. The Balaban J connectivity index is 1.33. The van der Waals surface area contributed by atoms with Gasteiger partial charge in [0, 0.05) is 19.4 Å². The third-order valence-corrected chi connectivity index (χ3v) is 9.85. The number of hydrogen-bond acceptors (Lipinski definition) is 3. The average molecular weight is 375 g/mol. The Morgan fingerprint density at radius 2 is 1.78 bits per heavy atom. The van der Waals surface area contributed by atoms with Gasteiger partial charge in [0.15, 0.2) is 6.29 Å². The topological polar surface area (TPSA) is 35.5 Å². The molecule has 8 atom stereocenters. The van der Waals surface area contributed by atoms with Gasteiger partial charge in [0.05, 0.1) is 6.10 Å². The molecule has 3 heteroatoms. The number of rotatable bonds is 2. The van der Waals surface area contributed by atoms with Crippen molar-refractivity contribution in [2.45, 2.75) is 103 Å². The van der Waals surface area contributed by atoms with E-state index in [1.54, 1.807) is 0 Å². The molecule has 0 radical (unpaired) electrons. The predicted molar refractivity (Wildman–Crippen MR) is 105 cm³/mol. The van der Waals surface area contributed by atoms with E-state index in [1.807, 2.05) is 0 Å². The molecule has 0 aromatic heterocycles. The molecule has 4 saturated carbocycles. The minimum Gasteiger partial charge on any atom is -0.353 e. The van der Waals surface area contributed by atoms with Gasteiger partial charge >= 0.3 is 0 Å². The summed E-state index contributed by atoms with van der Waals surface area (Å²) >= 11 is 0. The van der Waals surface area contributed by atoms with Crippen molar-refractivity contribution in [2.75, 3.05) is 6.61 Å². The molecule has 27 heavy (non-hydrogen) atoms. The van der Waals surface area contributed by atoms with Crippen LogP contribution in [-0.4, -0.2) is 24.8 Å². The molecule has 1 saturated heterocycles. The van der Waals surface area contributed by atoms with Crippen LogP contribution in [0.4, 0.5) is 0 Å². The number of Topliss-reactive ketones (excluding diaryl/α,β-unsaturated/α-hetero) is 1. The quantitative estimate of drug-likeness (QED) is 0.639. The first-order chi connectivity index (χ1) is 13.0. The van der Waals surface area contributed by atoms with Crippen molar-refractivity contribution in [1.82, 2.24) is 0 Å². The highest BCUT2D eigenvalue weighted by atomic mass is 16.7. The van der Waals surface area contributed by atoms with Gasteiger partial charge in [-0.1, -0.05) is 13.8 Å². The average Bonchev–Trinajstić information content (AvgIpc) is 3.00. The molecule has 3 nitrogen and oxygen atoms in total. The van der Waals surface area contributed by atoms with E-state index in [-0.39, 0.29) is 6.29 Å². The van der Waals surface area contributed by atoms with Crippen molar-refractivity contribution in [3.05, 3.63) is 0 Å². The smallest absolute Gasteiger partial charge is 0.157 e. The fraction of sp³-hybridized carbons (Fsp3) is 0.958. The van der Waals surface area contributed by atoms with Crippen LogP contribution in [0.15, 0.2) is 0 Å². The van der Waals surface area contributed by atoms with Crippen LogP contribution in [0.1, 0.15) is 90.9 Å². The summed E-state index contributed by atoms with van der Waals surface area (Å²) in [7, 11) is 0. The van der Waals surface area contributed by atoms with Crippen molar-refractivity contribution in [1.29, 1.82) is 0 Å². The summed E-state index contributed by atoms with van der Waals surface area (Å²) in [6.07, 6.45) is 14.7. The van der Waals surface area contributed by atoms with E-state index in [0.29, 0.717) is 28.6 Å². The van der Waals surface area contributed by atoms with Gasteiger partial charge in [0.25, 0.3) is 0 Å². The third kappa shape index (κ3) is 2.94. The molecule has 0 aromatic rings. The standard InChI is InChI=1S/C24H38O3/c1-23-12-10-17(25)15-16(23)6-7-18-19-8-9-21(24(19,2)13-11-20(18)23)27-22-5-3-4-14-26-22/h16,18-22H,3-15H2,1-2H3/t16-,18+,19+,20+,21-,22-,23-,24-/m0/s1. The van der Waals surface area contributed by atoms with Crippen LogP contribution in [0.3, 0.4) is 0 Å². The molecule has 4 aliphatic carbocycles. The van der Waals surface area contributed by atoms with Gasteiger partial charge in [-0.2, -0.15) is 0 Å². The molecule has 5 aliphatic rings. The molecule has 0 spiro atoms. The molecule has 5 rings (SSSR count). The molecule has 0 bridgehead atoms. The van der Waals surface area contributed by atoms with E-state index >= 15 is 0 Å². The maximum atomic E-state index is 12.1. The number of ketones is 1. The lowest BCUT2D eigenvalue weighted by Crippen LogP contribution is -2.54. The summed E-state index contributed by atoms with van der Waals surface area (Å²) < 4.78 is 12.5. The first-order valence-corrected chi connectivity index (χ1v) is 11.8. The van der Waals surface area contributed by atoms with Crippen molar-refractivity contribution in [3.63, 3.8) is 0 Å². The van der Waals surface area contributed by atoms with Crippen LogP contribution in [0.5, 0.6) is 0 Å². The maximum Gasteiger partial charge on any atom is 0.157 e. The fourth-order valence-corrected chi connectivity index (χ4v) is 8.22. The van der Waals surface area contributed by atoms with Crippen LogP contribution in [-0.2, 0) is 14.3 Å². The van der Waals surface area contributed by atoms with Gasteiger partial charge in [-0.25, -0.2) is 0 Å². The summed E-state index contributed by atoms with van der Waals surface area (Å²) in [4.78, 5) is 12.1. The van der Waals surface area contributed by atoms with E-state index in [1.165, 1.54) is 51.4 Å². The van der Waals surface area contributed by atoms with Crippen LogP contribution >= 0.6 is 0 Å². The first-order valence-electron chi connectivity index (χ1n) is 11.8. The number of carbonyl (C=O) groups is 1. The van der Waals surface area contributed by atoms with Gasteiger partial charge in [0.1, 0.15) is 5.78 Å². The second kappa shape index (κ2) is 6.83. The molecular formula is C24H38O3. The lowest BCUT2D eigenvalue weighted by Gasteiger charge is -2.60. The Bertz CT molecular complexity index is 582. The Morgan fingerprint density at radius 3 is 2.59 bits per heavy atom. The van der Waals surface area contributed by atoms with Gasteiger partial charge in [-0.15, -0.1) is 0 Å².